The summed E-state index contributed by atoms with van der Waals surface area (Å²) in [4.78, 5) is 15.3. The largest absolute Gasteiger partial charge is 0.489 e. The van der Waals surface area contributed by atoms with Gasteiger partial charge in [0.25, 0.3) is 11.8 Å². The van der Waals surface area contributed by atoms with Gasteiger partial charge in [-0.05, 0) is 65.6 Å². The molecule has 0 unspecified atom stereocenters. The zero-order chi connectivity index (χ0) is 23.2. The Bertz CT molecular complexity index is 1220. The van der Waals surface area contributed by atoms with Crippen LogP contribution in [0.4, 0.5) is 0 Å². The van der Waals surface area contributed by atoms with Crippen LogP contribution in [0.3, 0.4) is 0 Å². The molecule has 0 spiro atoms. The lowest BCUT2D eigenvalue weighted by atomic mass is 10.0. The number of carbonyl (C=O) groups is 1. The lowest BCUT2D eigenvalue weighted by Crippen LogP contribution is -2.19. The predicted molar refractivity (Wildman–Crippen MR) is 125 cm³/mol. The summed E-state index contributed by atoms with van der Waals surface area (Å²) in [5, 5.41) is 4.08. The number of ether oxygens (including phenoxy) is 2. The van der Waals surface area contributed by atoms with Gasteiger partial charge in [0.2, 0.25) is 5.82 Å². The van der Waals surface area contributed by atoms with E-state index in [-0.39, 0.29) is 6.61 Å². The van der Waals surface area contributed by atoms with Gasteiger partial charge in [-0.25, -0.2) is 0 Å². The van der Waals surface area contributed by atoms with Gasteiger partial charge < -0.3 is 19.7 Å². The first-order valence-corrected chi connectivity index (χ1v) is 10.7. The summed E-state index contributed by atoms with van der Waals surface area (Å²) < 4.78 is 16.7. The lowest BCUT2D eigenvalue weighted by Gasteiger charge is -2.09. The SMILES string of the molecule is CC(C)c1ccc(OCc2cccc(-c3nc(-c4ccc(OCC(N)=O)cc4)no3)c2)cc1. The summed E-state index contributed by atoms with van der Waals surface area (Å²) >= 11 is 0. The van der Waals surface area contributed by atoms with E-state index in [4.69, 9.17) is 19.7 Å². The zero-order valence-electron chi connectivity index (χ0n) is 18.5. The molecule has 0 aliphatic heterocycles. The standard InChI is InChI=1S/C26H25N3O4/c1-17(2)19-6-10-22(11-7-19)31-15-18-4-3-5-21(14-18)26-28-25(29-33-26)20-8-12-23(13-9-20)32-16-24(27)30/h3-14,17H,15-16H2,1-2H3,(H2,27,30). The first kappa shape index (κ1) is 22.1. The predicted octanol–water partition coefficient (Wildman–Crippen LogP) is 4.97. The van der Waals surface area contributed by atoms with Crippen molar-refractivity contribution in [1.82, 2.24) is 10.1 Å². The third kappa shape index (κ3) is 5.77. The molecule has 0 aliphatic carbocycles. The smallest absolute Gasteiger partial charge is 0.258 e. The van der Waals surface area contributed by atoms with Crippen LogP contribution in [0.15, 0.2) is 77.3 Å². The summed E-state index contributed by atoms with van der Waals surface area (Å²) in [5.41, 5.74) is 8.94. The molecule has 33 heavy (non-hydrogen) atoms. The van der Waals surface area contributed by atoms with E-state index in [1.165, 1.54) is 5.56 Å². The fraction of sp³-hybridized carbons (Fsp3) is 0.192. The molecule has 7 nitrogen and oxygen atoms in total. The minimum Gasteiger partial charge on any atom is -0.489 e. The molecule has 1 amide bonds. The second kappa shape index (κ2) is 9.99. The molecule has 7 heteroatoms. The third-order valence-corrected chi connectivity index (χ3v) is 5.05. The summed E-state index contributed by atoms with van der Waals surface area (Å²) in [5.74, 6) is 2.20. The van der Waals surface area contributed by atoms with E-state index in [0.717, 1.165) is 22.4 Å². The van der Waals surface area contributed by atoms with E-state index >= 15 is 0 Å². The molecular formula is C26H25N3O4. The second-order valence-corrected chi connectivity index (χ2v) is 7.92. The van der Waals surface area contributed by atoms with Crippen molar-refractivity contribution < 1.29 is 18.8 Å². The summed E-state index contributed by atoms with van der Waals surface area (Å²) in [6, 6.07) is 23.0. The molecule has 4 aromatic rings. The molecule has 0 aliphatic rings. The van der Waals surface area contributed by atoms with Gasteiger partial charge in [-0.15, -0.1) is 0 Å². The Hall–Kier alpha value is -4.13. The number of nitrogens with two attached hydrogens (primary N) is 1. The Balaban J connectivity index is 1.42. The molecule has 0 bridgehead atoms. The topological polar surface area (TPSA) is 100 Å². The third-order valence-electron chi connectivity index (χ3n) is 5.05. The maximum atomic E-state index is 10.8. The number of rotatable bonds is 9. The highest BCUT2D eigenvalue weighted by molar-refractivity contribution is 5.75. The molecular weight excluding hydrogens is 418 g/mol. The van der Waals surface area contributed by atoms with Crippen molar-refractivity contribution in [2.45, 2.75) is 26.4 Å². The Labute approximate surface area is 192 Å². The molecule has 2 N–H and O–H groups in total. The first-order chi connectivity index (χ1) is 16.0. The van der Waals surface area contributed by atoms with Crippen LogP contribution in [-0.4, -0.2) is 22.7 Å². The van der Waals surface area contributed by atoms with E-state index < -0.39 is 5.91 Å². The van der Waals surface area contributed by atoms with Gasteiger partial charge >= 0.3 is 0 Å². The average molecular weight is 444 g/mol. The molecule has 4 rings (SSSR count). The molecule has 0 saturated heterocycles. The van der Waals surface area contributed by atoms with Crippen LogP contribution in [0.25, 0.3) is 22.8 Å². The van der Waals surface area contributed by atoms with E-state index in [9.17, 15) is 4.79 Å². The van der Waals surface area contributed by atoms with Gasteiger partial charge in [-0.3, -0.25) is 4.79 Å². The fourth-order valence-corrected chi connectivity index (χ4v) is 3.22. The molecule has 0 radical (unpaired) electrons. The highest BCUT2D eigenvalue weighted by atomic mass is 16.5. The van der Waals surface area contributed by atoms with Crippen LogP contribution in [0.1, 0.15) is 30.9 Å². The summed E-state index contributed by atoms with van der Waals surface area (Å²) in [6.45, 7) is 4.60. The van der Waals surface area contributed by atoms with E-state index in [2.05, 4.69) is 36.1 Å². The first-order valence-electron chi connectivity index (χ1n) is 10.7. The maximum Gasteiger partial charge on any atom is 0.258 e. The molecule has 0 fully saturated rings. The number of nitrogens with zero attached hydrogens (tertiary/aromatic N) is 2. The quantitative estimate of drug-likeness (QED) is 0.392. The van der Waals surface area contributed by atoms with Gasteiger partial charge in [-0.2, -0.15) is 4.98 Å². The summed E-state index contributed by atoms with van der Waals surface area (Å²) in [7, 11) is 0. The number of benzene rings is 3. The minimum atomic E-state index is -0.529. The van der Waals surface area contributed by atoms with Crippen molar-refractivity contribution in [2.75, 3.05) is 6.61 Å². The van der Waals surface area contributed by atoms with Crippen LogP contribution >= 0.6 is 0 Å². The normalized spacial score (nSPS) is 10.9. The highest BCUT2D eigenvalue weighted by Crippen LogP contribution is 2.25. The number of carbonyl (C=O) groups excluding carboxylic acids is 1. The Morgan fingerprint density at radius 3 is 2.33 bits per heavy atom. The van der Waals surface area contributed by atoms with E-state index in [1.807, 2.05) is 36.4 Å². The lowest BCUT2D eigenvalue weighted by molar-refractivity contribution is -0.119. The maximum absolute atomic E-state index is 10.8. The van der Waals surface area contributed by atoms with Crippen molar-refractivity contribution in [3.8, 4) is 34.3 Å². The Morgan fingerprint density at radius 1 is 0.939 bits per heavy atom. The number of hydrogen-bond donors (Lipinski definition) is 1. The number of amides is 1. The molecule has 0 saturated carbocycles. The molecule has 3 aromatic carbocycles. The minimum absolute atomic E-state index is 0.172. The van der Waals surface area contributed by atoms with Gasteiger partial charge in [0.15, 0.2) is 6.61 Å². The van der Waals surface area contributed by atoms with Crippen molar-refractivity contribution in [1.29, 1.82) is 0 Å². The fourth-order valence-electron chi connectivity index (χ4n) is 3.22. The monoisotopic (exact) mass is 443 g/mol. The van der Waals surface area contributed by atoms with Crippen LogP contribution in [0.2, 0.25) is 0 Å². The number of primary amides is 1. The number of aromatic nitrogens is 2. The van der Waals surface area contributed by atoms with Gasteiger partial charge in [0, 0.05) is 11.1 Å². The molecule has 0 atom stereocenters. The number of hydrogen-bond acceptors (Lipinski definition) is 6. The van der Waals surface area contributed by atoms with Crippen molar-refractivity contribution in [2.24, 2.45) is 5.73 Å². The molecule has 1 heterocycles. The summed E-state index contributed by atoms with van der Waals surface area (Å²) in [6.07, 6.45) is 0. The van der Waals surface area contributed by atoms with E-state index in [1.54, 1.807) is 24.3 Å². The van der Waals surface area contributed by atoms with Crippen LogP contribution in [0.5, 0.6) is 11.5 Å². The Morgan fingerprint density at radius 2 is 1.64 bits per heavy atom. The highest BCUT2D eigenvalue weighted by Gasteiger charge is 2.12. The molecule has 1 aromatic heterocycles. The van der Waals surface area contributed by atoms with Gasteiger partial charge in [-0.1, -0.05) is 43.3 Å². The van der Waals surface area contributed by atoms with E-state index in [0.29, 0.717) is 30.0 Å². The molecule has 168 valence electrons. The zero-order valence-corrected chi connectivity index (χ0v) is 18.5. The van der Waals surface area contributed by atoms with Crippen LogP contribution < -0.4 is 15.2 Å². The van der Waals surface area contributed by atoms with Crippen molar-refractivity contribution >= 4 is 5.91 Å². The average Bonchev–Trinajstić information content (AvgIpc) is 3.33. The van der Waals surface area contributed by atoms with Crippen LogP contribution in [-0.2, 0) is 11.4 Å². The Kier molecular flexibility index (Phi) is 6.69. The van der Waals surface area contributed by atoms with Crippen molar-refractivity contribution in [3.05, 3.63) is 83.9 Å². The second-order valence-electron chi connectivity index (χ2n) is 7.92. The van der Waals surface area contributed by atoms with Gasteiger partial charge in [0.05, 0.1) is 0 Å². The van der Waals surface area contributed by atoms with Crippen LogP contribution in [0, 0.1) is 0 Å². The van der Waals surface area contributed by atoms with Gasteiger partial charge in [0.1, 0.15) is 18.1 Å². The van der Waals surface area contributed by atoms with Crippen molar-refractivity contribution in [3.63, 3.8) is 0 Å².